The molecule has 0 aliphatic carbocycles. The van der Waals surface area contributed by atoms with Gasteiger partial charge in [0.05, 0.1) is 5.84 Å². The largest absolute Gasteiger partial charge is 0.388 e. The van der Waals surface area contributed by atoms with Gasteiger partial charge in [-0.2, -0.15) is 0 Å². The molecule has 0 aromatic rings. The van der Waals surface area contributed by atoms with Gasteiger partial charge in [-0.15, -0.1) is 0 Å². The molecule has 6 nitrogen and oxygen atoms in total. The second-order valence-electron chi connectivity index (χ2n) is 4.02. The fourth-order valence-corrected chi connectivity index (χ4v) is 1.35. The Morgan fingerprint density at radius 2 is 1.44 bits per heavy atom. The van der Waals surface area contributed by atoms with Crippen LogP contribution in [0.5, 0.6) is 0 Å². The van der Waals surface area contributed by atoms with Gasteiger partial charge in [-0.3, -0.25) is 10.8 Å². The monoisotopic (exact) mass is 230 g/mol. The molecule has 0 aromatic heterocycles. The lowest BCUT2D eigenvalue weighted by molar-refractivity contribution is -0.107. The highest BCUT2D eigenvalue weighted by atomic mass is 16.5. The third kappa shape index (κ3) is 7.19. The maximum atomic E-state index is 9.23. The fraction of sp³-hybridized carbons (Fsp3) is 0.800. The van der Waals surface area contributed by atoms with E-state index in [1.807, 2.05) is 0 Å². The third-order valence-electron chi connectivity index (χ3n) is 2.40. The van der Waals surface area contributed by atoms with E-state index < -0.39 is 11.6 Å². The Labute approximate surface area is 95.7 Å². The van der Waals surface area contributed by atoms with E-state index >= 15 is 0 Å². The topological polar surface area (TPSA) is 140 Å². The van der Waals surface area contributed by atoms with Gasteiger partial charge in [0.25, 0.3) is 0 Å². The van der Waals surface area contributed by atoms with Crippen molar-refractivity contribution in [2.24, 2.45) is 11.5 Å². The summed E-state index contributed by atoms with van der Waals surface area (Å²) in [6.45, 7) is 0. The second-order valence-corrected chi connectivity index (χ2v) is 4.02. The van der Waals surface area contributed by atoms with E-state index in [-0.39, 0.29) is 12.3 Å². The van der Waals surface area contributed by atoms with E-state index in [2.05, 4.69) is 0 Å². The molecule has 0 bridgehead atoms. The molecule has 16 heavy (non-hydrogen) atoms. The van der Waals surface area contributed by atoms with E-state index in [0.717, 1.165) is 25.7 Å². The molecule has 0 saturated carbocycles. The Hall–Kier alpha value is -1.14. The minimum atomic E-state index is -2.15. The Morgan fingerprint density at radius 1 is 0.938 bits per heavy atom. The highest BCUT2D eigenvalue weighted by Gasteiger charge is 2.25. The molecule has 0 spiro atoms. The van der Waals surface area contributed by atoms with Crippen LogP contribution in [0.4, 0.5) is 0 Å². The summed E-state index contributed by atoms with van der Waals surface area (Å²) in [5.74, 6) is -2.55. The molecule has 0 atom stereocenters. The van der Waals surface area contributed by atoms with Gasteiger partial charge in [-0.05, 0) is 12.8 Å². The molecule has 0 saturated heterocycles. The number of aliphatic hydroxyl groups is 2. The lowest BCUT2D eigenvalue weighted by Crippen LogP contribution is -2.43. The number of nitrogens with two attached hydrogens (primary N) is 2. The van der Waals surface area contributed by atoms with Gasteiger partial charge >= 0.3 is 0 Å². The first-order valence-electron chi connectivity index (χ1n) is 5.48. The van der Waals surface area contributed by atoms with E-state index in [4.69, 9.17) is 22.3 Å². The predicted octanol–water partition coefficient (Wildman–Crippen LogP) is 0.270. The zero-order valence-electron chi connectivity index (χ0n) is 9.50. The van der Waals surface area contributed by atoms with Gasteiger partial charge < -0.3 is 21.7 Å². The van der Waals surface area contributed by atoms with Crippen LogP contribution in [0.15, 0.2) is 0 Å². The minimum absolute atomic E-state index is 0.0923. The molecule has 8 N–H and O–H groups in total. The summed E-state index contributed by atoms with van der Waals surface area (Å²) >= 11 is 0. The Balaban J connectivity index is 3.40. The molecular formula is C10H22N4O2. The van der Waals surface area contributed by atoms with Crippen molar-refractivity contribution in [3.05, 3.63) is 0 Å². The second kappa shape index (κ2) is 7.19. The first-order chi connectivity index (χ1) is 7.36. The van der Waals surface area contributed by atoms with Crippen LogP contribution in [0.25, 0.3) is 0 Å². The number of hydrogen-bond acceptors (Lipinski definition) is 4. The average Bonchev–Trinajstić information content (AvgIpc) is 2.15. The van der Waals surface area contributed by atoms with Gasteiger partial charge in [-0.1, -0.05) is 19.3 Å². The van der Waals surface area contributed by atoms with Crippen molar-refractivity contribution >= 4 is 11.7 Å². The Morgan fingerprint density at radius 3 is 1.94 bits per heavy atom. The predicted molar refractivity (Wildman–Crippen MR) is 63.3 cm³/mol. The van der Waals surface area contributed by atoms with E-state index in [0.29, 0.717) is 12.8 Å². The van der Waals surface area contributed by atoms with Gasteiger partial charge in [0.2, 0.25) is 5.79 Å². The highest BCUT2D eigenvalue weighted by Crippen LogP contribution is 2.13. The molecule has 0 rings (SSSR count). The normalized spacial score (nSPS) is 11.4. The summed E-state index contributed by atoms with van der Waals surface area (Å²) in [6, 6.07) is 0. The van der Waals surface area contributed by atoms with E-state index in [9.17, 15) is 10.2 Å². The van der Waals surface area contributed by atoms with Crippen molar-refractivity contribution < 1.29 is 10.2 Å². The summed E-state index contributed by atoms with van der Waals surface area (Å²) in [7, 11) is 0. The van der Waals surface area contributed by atoms with E-state index in [1.165, 1.54) is 0 Å². The summed E-state index contributed by atoms with van der Waals surface area (Å²) in [5.41, 5.74) is 10.2. The van der Waals surface area contributed by atoms with Crippen LogP contribution < -0.4 is 11.5 Å². The first-order valence-corrected chi connectivity index (χ1v) is 5.48. The van der Waals surface area contributed by atoms with Crippen LogP contribution in [0.3, 0.4) is 0 Å². The van der Waals surface area contributed by atoms with Crippen molar-refractivity contribution in [3.8, 4) is 0 Å². The lowest BCUT2D eigenvalue weighted by atomic mass is 10.0. The summed E-state index contributed by atoms with van der Waals surface area (Å²) in [5, 5.41) is 32.4. The summed E-state index contributed by atoms with van der Waals surface area (Å²) < 4.78 is 0. The molecule has 0 amide bonds. The molecule has 0 radical (unpaired) electrons. The molecule has 0 heterocycles. The average molecular weight is 230 g/mol. The zero-order chi connectivity index (χ0) is 12.6. The van der Waals surface area contributed by atoms with Crippen molar-refractivity contribution in [2.75, 3.05) is 0 Å². The van der Waals surface area contributed by atoms with Gasteiger partial charge in [0.15, 0.2) is 5.84 Å². The van der Waals surface area contributed by atoms with Crippen LogP contribution >= 0.6 is 0 Å². The molecule has 0 fully saturated rings. The molecule has 6 heteroatoms. The summed E-state index contributed by atoms with van der Waals surface area (Å²) in [6.07, 6.45) is 5.02. The van der Waals surface area contributed by atoms with Crippen molar-refractivity contribution in [3.63, 3.8) is 0 Å². The fourth-order valence-electron chi connectivity index (χ4n) is 1.35. The standard InChI is InChI=1S/C10H22N4O2/c11-8(12)6-4-2-1-3-5-7-10(15,16)9(13)14/h15-16H,1-7H2,(H3,11,12)(H3,13,14). The van der Waals surface area contributed by atoms with Gasteiger partial charge in [0, 0.05) is 12.8 Å². The molecule has 0 aliphatic rings. The van der Waals surface area contributed by atoms with Crippen LogP contribution in [0.2, 0.25) is 0 Å². The smallest absolute Gasteiger partial charge is 0.222 e. The van der Waals surface area contributed by atoms with Crippen LogP contribution in [-0.4, -0.2) is 27.7 Å². The molecular weight excluding hydrogens is 208 g/mol. The number of hydrogen-bond donors (Lipinski definition) is 6. The zero-order valence-corrected chi connectivity index (χ0v) is 9.50. The lowest BCUT2D eigenvalue weighted by Gasteiger charge is -2.19. The highest BCUT2D eigenvalue weighted by molar-refractivity contribution is 5.83. The Bertz CT molecular complexity index is 241. The molecule has 0 aliphatic heterocycles. The minimum Gasteiger partial charge on any atom is -0.388 e. The van der Waals surface area contributed by atoms with Crippen molar-refractivity contribution in [1.82, 2.24) is 0 Å². The maximum Gasteiger partial charge on any atom is 0.222 e. The molecule has 0 aromatic carbocycles. The van der Waals surface area contributed by atoms with Crippen molar-refractivity contribution in [2.45, 2.75) is 50.7 Å². The third-order valence-corrected chi connectivity index (χ3v) is 2.40. The van der Waals surface area contributed by atoms with E-state index in [1.54, 1.807) is 0 Å². The molecule has 94 valence electrons. The number of rotatable bonds is 9. The van der Waals surface area contributed by atoms with Crippen LogP contribution in [0, 0.1) is 10.8 Å². The van der Waals surface area contributed by atoms with Gasteiger partial charge in [-0.25, -0.2) is 0 Å². The number of nitrogens with one attached hydrogen (secondary N) is 2. The first kappa shape index (κ1) is 14.9. The quantitative estimate of drug-likeness (QED) is 0.146. The van der Waals surface area contributed by atoms with Crippen LogP contribution in [-0.2, 0) is 0 Å². The Kier molecular flexibility index (Phi) is 6.67. The van der Waals surface area contributed by atoms with Crippen LogP contribution in [0.1, 0.15) is 44.9 Å². The number of unbranched alkanes of at least 4 members (excludes halogenated alkanes) is 4. The molecule has 0 unspecified atom stereocenters. The number of amidine groups is 2. The van der Waals surface area contributed by atoms with Gasteiger partial charge in [0.1, 0.15) is 0 Å². The van der Waals surface area contributed by atoms with Crippen molar-refractivity contribution in [1.29, 1.82) is 10.8 Å². The SMILES string of the molecule is N=C(N)CCCCCCCC(O)(O)C(=N)N. The summed E-state index contributed by atoms with van der Waals surface area (Å²) in [4.78, 5) is 0. The maximum absolute atomic E-state index is 9.23.